The van der Waals surface area contributed by atoms with E-state index in [2.05, 4.69) is 35.6 Å². The van der Waals surface area contributed by atoms with Gasteiger partial charge in [0, 0.05) is 68.4 Å². The van der Waals surface area contributed by atoms with E-state index in [0.717, 1.165) is 23.7 Å². The van der Waals surface area contributed by atoms with Crippen molar-refractivity contribution in [3.05, 3.63) is 58.9 Å². The lowest BCUT2D eigenvalue weighted by atomic mass is 9.82. The number of ether oxygens (including phenoxy) is 1. The zero-order chi connectivity index (χ0) is 38.8. The van der Waals surface area contributed by atoms with Crippen molar-refractivity contribution in [2.75, 3.05) is 44.4 Å². The number of benzene rings is 2. The lowest BCUT2D eigenvalue weighted by Gasteiger charge is -2.30. The zero-order valence-corrected chi connectivity index (χ0v) is 30.6. The molecule has 3 aromatic heterocycles. The van der Waals surface area contributed by atoms with Crippen LogP contribution < -0.4 is 15.4 Å². The Labute approximate surface area is 317 Å². The molecule has 2 aliphatic heterocycles. The number of rotatable bonds is 9. The van der Waals surface area contributed by atoms with Crippen molar-refractivity contribution in [2.24, 2.45) is 5.92 Å². The number of aliphatic hydroxyl groups is 1. The molecular formula is C37H37ClF3N9O5. The maximum atomic E-state index is 16.9. The van der Waals surface area contributed by atoms with Gasteiger partial charge in [-0.1, -0.05) is 17.7 Å². The summed E-state index contributed by atoms with van der Waals surface area (Å²) in [5.41, 5.74) is -0.667. The molecule has 1 saturated carbocycles. The first kappa shape index (κ1) is 36.7. The van der Waals surface area contributed by atoms with Crippen LogP contribution in [0.1, 0.15) is 37.7 Å². The van der Waals surface area contributed by atoms with Gasteiger partial charge in [-0.3, -0.25) is 14.7 Å². The van der Waals surface area contributed by atoms with Crippen molar-refractivity contribution in [3.63, 3.8) is 0 Å². The summed E-state index contributed by atoms with van der Waals surface area (Å²) in [6, 6.07) is 4.46. The van der Waals surface area contributed by atoms with Crippen molar-refractivity contribution < 1.29 is 37.7 Å². The minimum atomic E-state index is -1.01. The van der Waals surface area contributed by atoms with Gasteiger partial charge in [0.25, 0.3) is 0 Å². The SMILES string of the molecule is CN(C)C(=O)n1cc(CNc2nc(OC[C@@]34CCCN3C[C@H](F)C4)nc3c(F)c(-c4cc(O)cc5ccc(F)c(Cl)c45)ncc23)c(NC(=O)C2CC(O)C2)n1. The number of alkyl halides is 1. The molecule has 14 nitrogen and oxygen atoms in total. The van der Waals surface area contributed by atoms with E-state index in [0.29, 0.717) is 36.8 Å². The smallest absolute Gasteiger partial charge is 0.344 e. The molecule has 0 unspecified atom stereocenters. The number of amides is 2. The molecule has 3 aliphatic rings. The van der Waals surface area contributed by atoms with Gasteiger partial charge in [0.05, 0.1) is 22.1 Å². The number of nitrogens with zero attached hydrogens (tertiary/aromatic N) is 7. The molecule has 3 fully saturated rings. The minimum Gasteiger partial charge on any atom is -0.508 e. The van der Waals surface area contributed by atoms with Gasteiger partial charge < -0.3 is 30.5 Å². The first-order valence-electron chi connectivity index (χ1n) is 17.8. The third-order valence-corrected chi connectivity index (χ3v) is 11.1. The Morgan fingerprint density at radius 3 is 2.73 bits per heavy atom. The number of hydrogen-bond acceptors (Lipinski definition) is 11. The van der Waals surface area contributed by atoms with Gasteiger partial charge in [0.15, 0.2) is 11.6 Å². The molecule has 0 spiro atoms. The second-order valence-electron chi connectivity index (χ2n) is 14.6. The summed E-state index contributed by atoms with van der Waals surface area (Å²) >= 11 is 6.37. The number of hydrogen-bond donors (Lipinski definition) is 4. The summed E-state index contributed by atoms with van der Waals surface area (Å²) in [7, 11) is 3.10. The van der Waals surface area contributed by atoms with Gasteiger partial charge >= 0.3 is 12.0 Å². The Morgan fingerprint density at radius 1 is 1.16 bits per heavy atom. The maximum absolute atomic E-state index is 16.9. The molecule has 2 amide bonds. The summed E-state index contributed by atoms with van der Waals surface area (Å²) in [6.45, 7) is 0.995. The Balaban J connectivity index is 1.19. The summed E-state index contributed by atoms with van der Waals surface area (Å²) in [6.07, 6.45) is 3.65. The quantitative estimate of drug-likeness (QED) is 0.149. The van der Waals surface area contributed by atoms with Gasteiger partial charge in [-0.15, -0.1) is 5.10 Å². The number of aliphatic hydroxyl groups excluding tert-OH is 1. The molecule has 1 aliphatic carbocycles. The van der Waals surface area contributed by atoms with Crippen molar-refractivity contribution in [1.82, 2.24) is 34.5 Å². The Morgan fingerprint density at radius 2 is 1.96 bits per heavy atom. The van der Waals surface area contributed by atoms with E-state index in [9.17, 15) is 28.6 Å². The topological polar surface area (TPSA) is 171 Å². The molecule has 8 rings (SSSR count). The largest absolute Gasteiger partial charge is 0.508 e. The summed E-state index contributed by atoms with van der Waals surface area (Å²) in [5.74, 6) is -2.53. The van der Waals surface area contributed by atoms with E-state index in [1.807, 2.05) is 0 Å². The minimum absolute atomic E-state index is 0.0206. The molecule has 18 heteroatoms. The normalized spacial score (nSPS) is 22.1. The van der Waals surface area contributed by atoms with Crippen LogP contribution in [-0.2, 0) is 11.3 Å². The van der Waals surface area contributed by atoms with E-state index in [1.165, 1.54) is 35.5 Å². The number of phenolic OH excluding ortho intramolecular Hbond substituents is 1. The van der Waals surface area contributed by atoms with Crippen LogP contribution in [0.4, 0.5) is 29.6 Å². The van der Waals surface area contributed by atoms with Crippen LogP contribution in [0.15, 0.2) is 36.7 Å². The molecule has 55 heavy (non-hydrogen) atoms. The molecule has 288 valence electrons. The van der Waals surface area contributed by atoms with E-state index in [1.54, 1.807) is 14.1 Å². The lowest BCUT2D eigenvalue weighted by molar-refractivity contribution is -0.126. The van der Waals surface area contributed by atoms with Crippen molar-refractivity contribution in [2.45, 2.75) is 56.5 Å². The van der Waals surface area contributed by atoms with Crippen molar-refractivity contribution in [3.8, 4) is 23.0 Å². The number of aromatic hydroxyl groups is 1. The first-order chi connectivity index (χ1) is 26.3. The van der Waals surface area contributed by atoms with Crippen LogP contribution in [0.2, 0.25) is 5.02 Å². The van der Waals surface area contributed by atoms with Gasteiger partial charge in [-0.25, -0.2) is 18.0 Å². The molecule has 2 atom stereocenters. The maximum Gasteiger partial charge on any atom is 0.344 e. The predicted octanol–water partition coefficient (Wildman–Crippen LogP) is 5.49. The highest BCUT2D eigenvalue weighted by atomic mass is 35.5. The molecule has 0 radical (unpaired) electrons. The molecule has 5 aromatic rings. The van der Waals surface area contributed by atoms with E-state index in [4.69, 9.17) is 16.3 Å². The van der Waals surface area contributed by atoms with Gasteiger partial charge in [0.1, 0.15) is 41.4 Å². The van der Waals surface area contributed by atoms with Gasteiger partial charge in [0.2, 0.25) is 5.91 Å². The summed E-state index contributed by atoms with van der Waals surface area (Å²) < 4.78 is 53.3. The second-order valence-corrected chi connectivity index (χ2v) is 15.0. The molecule has 2 saturated heterocycles. The zero-order valence-electron chi connectivity index (χ0n) is 29.8. The number of pyridine rings is 1. The number of carbonyl (C=O) groups excluding carboxylic acids is 2. The molecule has 0 bridgehead atoms. The molecular weight excluding hydrogens is 743 g/mol. The third kappa shape index (κ3) is 6.73. The Kier molecular flexibility index (Phi) is 9.41. The van der Waals surface area contributed by atoms with E-state index in [-0.39, 0.29) is 81.4 Å². The van der Waals surface area contributed by atoms with Crippen LogP contribution in [-0.4, -0.2) is 108 Å². The molecule has 2 aromatic carbocycles. The van der Waals surface area contributed by atoms with Crippen LogP contribution in [0.5, 0.6) is 11.8 Å². The fourth-order valence-corrected chi connectivity index (χ4v) is 8.06. The van der Waals surface area contributed by atoms with Crippen LogP contribution >= 0.6 is 11.6 Å². The fraction of sp³-hybridized carbons (Fsp3) is 0.405. The average Bonchev–Trinajstić information content (AvgIpc) is 3.81. The van der Waals surface area contributed by atoms with Crippen LogP contribution in [0.3, 0.4) is 0 Å². The summed E-state index contributed by atoms with van der Waals surface area (Å²) in [5, 5.41) is 30.8. The van der Waals surface area contributed by atoms with Crippen molar-refractivity contribution >= 4 is 56.9 Å². The number of aromatic nitrogens is 5. The monoisotopic (exact) mass is 779 g/mol. The highest BCUT2D eigenvalue weighted by Gasteiger charge is 2.49. The highest BCUT2D eigenvalue weighted by Crippen LogP contribution is 2.42. The van der Waals surface area contributed by atoms with Crippen molar-refractivity contribution in [1.29, 1.82) is 0 Å². The molecule has 4 N–H and O–H groups in total. The van der Waals surface area contributed by atoms with Crippen LogP contribution in [0, 0.1) is 17.6 Å². The number of anilines is 2. The Hall–Kier alpha value is -5.26. The Bertz CT molecular complexity index is 2360. The van der Waals surface area contributed by atoms with E-state index < -0.39 is 41.4 Å². The fourth-order valence-electron chi connectivity index (χ4n) is 7.79. The second kappa shape index (κ2) is 14.1. The number of carbonyl (C=O) groups is 2. The predicted molar refractivity (Wildman–Crippen MR) is 197 cm³/mol. The number of nitrogens with one attached hydrogen (secondary N) is 2. The standard InChI is InChI=1S/C37H37ClF3N9O5/c1-48(2)36(54)50-15-20(32(47-50)45-34(53)19-9-22(51)10-19)13-43-33-25-14-42-30(24-11-23(52)8-18-4-5-26(40)28(38)27(18)24)29(41)31(25)44-35(46-33)55-17-37-6-3-7-49(37)16-21(39)12-37/h4-5,8,11,14-15,19,21-22,51-52H,3,6-7,9-10,12-13,16-17H2,1-2H3,(H,43,44,46)(H,45,47,53)/t19?,21-,22?,37+/m1/s1. The van der Waals surface area contributed by atoms with E-state index >= 15 is 4.39 Å². The first-order valence-corrected chi connectivity index (χ1v) is 18.2. The molecule has 5 heterocycles. The average molecular weight is 780 g/mol. The van der Waals surface area contributed by atoms with Crippen LogP contribution in [0.25, 0.3) is 32.9 Å². The summed E-state index contributed by atoms with van der Waals surface area (Å²) in [4.78, 5) is 42.5. The highest BCUT2D eigenvalue weighted by molar-refractivity contribution is 6.37. The number of halogens is 4. The van der Waals surface area contributed by atoms with Gasteiger partial charge in [-0.05, 0) is 55.8 Å². The number of phenols is 1. The third-order valence-electron chi connectivity index (χ3n) is 10.7. The lowest BCUT2D eigenvalue weighted by Crippen LogP contribution is -2.43. The number of fused-ring (bicyclic) bond motifs is 3. The van der Waals surface area contributed by atoms with Gasteiger partial charge in [-0.2, -0.15) is 14.6 Å².